The third-order valence-corrected chi connectivity index (χ3v) is 6.55. The Morgan fingerprint density at radius 3 is 2.71 bits per heavy atom. The number of methoxy groups -OCH3 is 1. The molecule has 4 aromatic rings. The van der Waals surface area contributed by atoms with E-state index < -0.39 is 0 Å². The van der Waals surface area contributed by atoms with E-state index in [9.17, 15) is 4.79 Å². The Morgan fingerprint density at radius 2 is 1.86 bits per heavy atom. The second kappa shape index (κ2) is 10.6. The Kier molecular flexibility index (Phi) is 6.89. The van der Waals surface area contributed by atoms with E-state index in [1.807, 2.05) is 53.6 Å². The first-order valence-electron chi connectivity index (χ1n) is 12.0. The number of ether oxygens (including phenoxy) is 2. The summed E-state index contributed by atoms with van der Waals surface area (Å²) in [4.78, 5) is 24.6. The number of rotatable bonds is 7. The van der Waals surface area contributed by atoms with Gasteiger partial charge in [-0.2, -0.15) is 0 Å². The predicted octanol–water partition coefficient (Wildman–Crippen LogP) is 5.31. The van der Waals surface area contributed by atoms with Crippen LogP contribution in [0.5, 0.6) is 11.5 Å². The number of pyridine rings is 2. The number of hydrogen-bond acceptors (Lipinski definition) is 5. The van der Waals surface area contributed by atoms with Crippen molar-refractivity contribution in [3.05, 3.63) is 95.9 Å². The van der Waals surface area contributed by atoms with E-state index in [1.54, 1.807) is 13.3 Å². The van der Waals surface area contributed by atoms with Gasteiger partial charge in [0.05, 0.1) is 23.9 Å². The molecule has 2 aromatic carbocycles. The zero-order valence-corrected chi connectivity index (χ0v) is 19.9. The standard InChI is InChI=1S/C29H29N3O3/c1-34-26-14-5-13-25(28(26)35-20-24-12-2-3-15-30-24)29(33)32-17-7-8-21(19-32)18-23-10-4-9-22-11-6-16-31-27(22)23/h2-6,9-16,21H,7-8,17-20H2,1H3. The van der Waals surface area contributed by atoms with E-state index >= 15 is 0 Å². The third-order valence-electron chi connectivity index (χ3n) is 6.55. The molecule has 1 unspecified atom stereocenters. The summed E-state index contributed by atoms with van der Waals surface area (Å²) in [5.74, 6) is 1.36. The minimum Gasteiger partial charge on any atom is -0.493 e. The molecule has 0 bridgehead atoms. The molecule has 0 N–H and O–H groups in total. The summed E-state index contributed by atoms with van der Waals surface area (Å²) in [6.07, 6.45) is 6.54. The molecule has 3 heterocycles. The lowest BCUT2D eigenvalue weighted by Crippen LogP contribution is -2.40. The molecule has 0 radical (unpaired) electrons. The lowest BCUT2D eigenvalue weighted by molar-refractivity contribution is 0.0668. The molecular weight excluding hydrogens is 438 g/mol. The van der Waals surface area contributed by atoms with Gasteiger partial charge in [-0.15, -0.1) is 0 Å². The lowest BCUT2D eigenvalue weighted by Gasteiger charge is -2.33. The van der Waals surface area contributed by atoms with Crippen LogP contribution >= 0.6 is 0 Å². The van der Waals surface area contributed by atoms with Gasteiger partial charge in [0.1, 0.15) is 6.61 Å². The normalized spacial score (nSPS) is 15.7. The van der Waals surface area contributed by atoms with Crippen molar-refractivity contribution in [1.82, 2.24) is 14.9 Å². The second-order valence-electron chi connectivity index (χ2n) is 8.90. The molecule has 1 aliphatic rings. The Hall–Kier alpha value is -3.93. The Labute approximate surface area is 205 Å². The predicted molar refractivity (Wildman–Crippen MR) is 136 cm³/mol. The van der Waals surface area contributed by atoms with E-state index in [0.717, 1.165) is 42.4 Å². The fraction of sp³-hybridized carbons (Fsp3) is 0.276. The van der Waals surface area contributed by atoms with E-state index in [1.165, 1.54) is 5.56 Å². The number of likely N-dealkylation sites (tertiary alicyclic amines) is 1. The van der Waals surface area contributed by atoms with Gasteiger partial charge in [-0.25, -0.2) is 0 Å². The van der Waals surface area contributed by atoms with Crippen LogP contribution in [0.2, 0.25) is 0 Å². The first-order chi connectivity index (χ1) is 17.2. The molecule has 1 atom stereocenters. The lowest BCUT2D eigenvalue weighted by atomic mass is 9.90. The summed E-state index contributed by atoms with van der Waals surface area (Å²) in [6, 6.07) is 21.5. The van der Waals surface area contributed by atoms with Crippen molar-refractivity contribution >= 4 is 16.8 Å². The van der Waals surface area contributed by atoms with Crippen molar-refractivity contribution in [1.29, 1.82) is 0 Å². The number of carbonyl (C=O) groups is 1. The molecule has 1 saturated heterocycles. The number of amides is 1. The quantitative estimate of drug-likeness (QED) is 0.368. The molecule has 1 fully saturated rings. The molecule has 0 spiro atoms. The number of aromatic nitrogens is 2. The van der Waals surface area contributed by atoms with Gasteiger partial charge in [-0.3, -0.25) is 14.8 Å². The second-order valence-corrected chi connectivity index (χ2v) is 8.90. The molecule has 0 saturated carbocycles. The van der Waals surface area contributed by atoms with Gasteiger partial charge in [-0.1, -0.05) is 36.4 Å². The van der Waals surface area contributed by atoms with E-state index in [4.69, 9.17) is 9.47 Å². The summed E-state index contributed by atoms with van der Waals surface area (Å²) < 4.78 is 11.6. The first kappa shape index (κ1) is 22.8. The molecule has 1 amide bonds. The van der Waals surface area contributed by atoms with Crippen molar-refractivity contribution in [2.45, 2.75) is 25.9 Å². The van der Waals surface area contributed by atoms with Crippen molar-refractivity contribution in [3.8, 4) is 11.5 Å². The maximum absolute atomic E-state index is 13.7. The number of hydrogen-bond donors (Lipinski definition) is 0. The number of para-hydroxylation sites is 2. The highest BCUT2D eigenvalue weighted by Gasteiger charge is 2.28. The summed E-state index contributed by atoms with van der Waals surface area (Å²) in [5.41, 5.74) is 3.60. The van der Waals surface area contributed by atoms with Gasteiger partial charge < -0.3 is 14.4 Å². The summed E-state index contributed by atoms with van der Waals surface area (Å²) >= 11 is 0. The number of benzene rings is 2. The Morgan fingerprint density at radius 1 is 1.00 bits per heavy atom. The van der Waals surface area contributed by atoms with Crippen LogP contribution in [0.15, 0.2) is 79.1 Å². The molecule has 35 heavy (non-hydrogen) atoms. The van der Waals surface area contributed by atoms with Gasteiger partial charge in [0, 0.05) is 30.9 Å². The van der Waals surface area contributed by atoms with Crippen LogP contribution in [-0.2, 0) is 13.0 Å². The van der Waals surface area contributed by atoms with E-state index in [0.29, 0.717) is 29.5 Å². The number of fused-ring (bicyclic) bond motifs is 1. The zero-order valence-electron chi connectivity index (χ0n) is 19.9. The highest BCUT2D eigenvalue weighted by molar-refractivity contribution is 5.98. The van der Waals surface area contributed by atoms with Gasteiger partial charge in [0.2, 0.25) is 0 Å². The molecule has 178 valence electrons. The zero-order chi connectivity index (χ0) is 24.0. The molecule has 0 aliphatic carbocycles. The van der Waals surface area contributed by atoms with Gasteiger partial charge in [0.25, 0.3) is 5.91 Å². The van der Waals surface area contributed by atoms with Gasteiger partial charge >= 0.3 is 0 Å². The fourth-order valence-electron chi connectivity index (χ4n) is 4.85. The van der Waals surface area contributed by atoms with Crippen LogP contribution in [0.3, 0.4) is 0 Å². The number of carbonyl (C=O) groups excluding carboxylic acids is 1. The average Bonchev–Trinajstić information content (AvgIpc) is 2.92. The van der Waals surface area contributed by atoms with Crippen molar-refractivity contribution < 1.29 is 14.3 Å². The highest BCUT2D eigenvalue weighted by atomic mass is 16.5. The summed E-state index contributed by atoms with van der Waals surface area (Å²) in [7, 11) is 1.59. The van der Waals surface area contributed by atoms with Crippen LogP contribution in [-0.4, -0.2) is 41.0 Å². The van der Waals surface area contributed by atoms with E-state index in [2.05, 4.69) is 34.2 Å². The van der Waals surface area contributed by atoms with E-state index in [-0.39, 0.29) is 12.5 Å². The third kappa shape index (κ3) is 5.11. The van der Waals surface area contributed by atoms with Gasteiger partial charge in [0.15, 0.2) is 11.5 Å². The smallest absolute Gasteiger partial charge is 0.257 e. The minimum absolute atomic E-state index is 0.0272. The van der Waals surface area contributed by atoms with Crippen LogP contribution in [0, 0.1) is 5.92 Å². The first-order valence-corrected chi connectivity index (χ1v) is 12.0. The van der Waals surface area contributed by atoms with Gasteiger partial charge in [-0.05, 0) is 61.1 Å². The highest BCUT2D eigenvalue weighted by Crippen LogP contribution is 2.34. The summed E-state index contributed by atoms with van der Waals surface area (Å²) in [5, 5.41) is 1.15. The van der Waals surface area contributed by atoms with Crippen molar-refractivity contribution in [2.75, 3.05) is 20.2 Å². The van der Waals surface area contributed by atoms with Crippen LogP contribution in [0.1, 0.15) is 34.5 Å². The fourth-order valence-corrected chi connectivity index (χ4v) is 4.85. The largest absolute Gasteiger partial charge is 0.493 e. The van der Waals surface area contributed by atoms with Crippen molar-refractivity contribution in [2.24, 2.45) is 5.92 Å². The Balaban J connectivity index is 1.34. The minimum atomic E-state index is -0.0272. The molecule has 6 heteroatoms. The monoisotopic (exact) mass is 467 g/mol. The van der Waals surface area contributed by atoms with Crippen LogP contribution < -0.4 is 9.47 Å². The van der Waals surface area contributed by atoms with Crippen molar-refractivity contribution in [3.63, 3.8) is 0 Å². The topological polar surface area (TPSA) is 64.5 Å². The maximum atomic E-state index is 13.7. The molecule has 5 rings (SSSR count). The van der Waals surface area contributed by atoms with Crippen LogP contribution in [0.25, 0.3) is 10.9 Å². The SMILES string of the molecule is COc1cccc(C(=O)N2CCCC(Cc3cccc4cccnc34)C2)c1OCc1ccccn1. The number of piperidine rings is 1. The Bertz CT molecular complexity index is 1300. The van der Waals surface area contributed by atoms with Crippen LogP contribution in [0.4, 0.5) is 0 Å². The molecule has 2 aromatic heterocycles. The summed E-state index contributed by atoms with van der Waals surface area (Å²) in [6.45, 7) is 1.71. The molecular formula is C29H29N3O3. The maximum Gasteiger partial charge on any atom is 0.257 e. The number of nitrogens with zero attached hydrogens (tertiary/aromatic N) is 3. The molecule has 6 nitrogen and oxygen atoms in total. The average molecular weight is 468 g/mol. The molecule has 1 aliphatic heterocycles.